The van der Waals surface area contributed by atoms with E-state index < -0.39 is 0 Å². The number of hydrogen-bond donors (Lipinski definition) is 2. The van der Waals surface area contributed by atoms with Crippen LogP contribution in [0.2, 0.25) is 0 Å². The molecule has 0 aromatic rings. The largest absolute Gasteiger partial charge is 0.366 e. The molecule has 1 atom stereocenters. The zero-order chi connectivity index (χ0) is 8.60. The summed E-state index contributed by atoms with van der Waals surface area (Å²) in [4.78, 5) is 0. The van der Waals surface area contributed by atoms with Crippen LogP contribution in [-0.2, 0) is 0 Å². The second kappa shape index (κ2) is 2.87. The Labute approximate surface area is 79.1 Å². The molecular formula is C9H16N2S. The Hall–Kier alpha value is -0.310. The van der Waals surface area contributed by atoms with Crippen LogP contribution in [0.15, 0.2) is 0 Å². The first-order chi connectivity index (χ1) is 5.77. The van der Waals surface area contributed by atoms with Gasteiger partial charge in [-0.05, 0) is 36.9 Å². The topological polar surface area (TPSA) is 24.1 Å². The summed E-state index contributed by atoms with van der Waals surface area (Å²) in [6, 6.07) is 0.681. The minimum absolute atomic E-state index is 0.654. The molecule has 0 saturated heterocycles. The summed E-state index contributed by atoms with van der Waals surface area (Å²) < 4.78 is 0. The lowest BCUT2D eigenvalue weighted by Gasteiger charge is -2.10. The Morgan fingerprint density at radius 3 is 2.67 bits per heavy atom. The Kier molecular flexibility index (Phi) is 1.99. The Bertz CT molecular complexity index is 197. The molecule has 2 nitrogen and oxygen atoms in total. The molecule has 0 aromatic heterocycles. The summed E-state index contributed by atoms with van der Waals surface area (Å²) >= 11 is 5.07. The van der Waals surface area contributed by atoms with E-state index in [0.717, 1.165) is 5.11 Å². The van der Waals surface area contributed by atoms with E-state index in [4.69, 9.17) is 12.2 Å². The molecule has 2 rings (SSSR count). The third-order valence-corrected chi connectivity index (χ3v) is 3.64. The summed E-state index contributed by atoms with van der Waals surface area (Å²) in [5.41, 5.74) is 0.654. The van der Waals surface area contributed by atoms with Crippen LogP contribution in [-0.4, -0.2) is 18.2 Å². The Balaban J connectivity index is 1.83. The molecule has 0 heterocycles. The van der Waals surface area contributed by atoms with Gasteiger partial charge in [0, 0.05) is 13.1 Å². The molecular weight excluding hydrogens is 168 g/mol. The van der Waals surface area contributed by atoms with E-state index >= 15 is 0 Å². The standard InChI is InChI=1S/C9H16N2S/c1-10-8(12)11-7-6-9(7)4-2-3-5-9/h7H,2-6H2,1H3,(H2,10,11,12). The number of hydrogen-bond acceptors (Lipinski definition) is 1. The maximum atomic E-state index is 5.07. The van der Waals surface area contributed by atoms with Crippen LogP contribution in [0.25, 0.3) is 0 Å². The molecule has 1 spiro atoms. The third kappa shape index (κ3) is 1.30. The van der Waals surface area contributed by atoms with Gasteiger partial charge in [-0.25, -0.2) is 0 Å². The fourth-order valence-electron chi connectivity index (χ4n) is 2.41. The zero-order valence-electron chi connectivity index (χ0n) is 7.52. The van der Waals surface area contributed by atoms with E-state index in [-0.39, 0.29) is 0 Å². The SMILES string of the molecule is CNC(=S)NC1CC12CCCC2. The van der Waals surface area contributed by atoms with Gasteiger partial charge < -0.3 is 10.6 Å². The number of rotatable bonds is 1. The first-order valence-corrected chi connectivity index (χ1v) is 5.16. The molecule has 0 amide bonds. The van der Waals surface area contributed by atoms with Crippen molar-refractivity contribution in [2.75, 3.05) is 7.05 Å². The Morgan fingerprint density at radius 1 is 1.42 bits per heavy atom. The van der Waals surface area contributed by atoms with E-state index in [2.05, 4.69) is 10.6 Å². The van der Waals surface area contributed by atoms with Gasteiger partial charge in [-0.2, -0.15) is 0 Å². The van der Waals surface area contributed by atoms with Crippen LogP contribution in [0.3, 0.4) is 0 Å². The van der Waals surface area contributed by atoms with Crippen molar-refractivity contribution >= 4 is 17.3 Å². The predicted octanol–water partition coefficient (Wildman–Crippen LogP) is 1.41. The van der Waals surface area contributed by atoms with Crippen molar-refractivity contribution in [3.8, 4) is 0 Å². The molecule has 12 heavy (non-hydrogen) atoms. The molecule has 2 N–H and O–H groups in total. The molecule has 3 heteroatoms. The molecule has 0 radical (unpaired) electrons. The summed E-state index contributed by atoms with van der Waals surface area (Å²) in [5, 5.41) is 7.13. The second-order valence-corrected chi connectivity index (χ2v) is 4.46. The first-order valence-electron chi connectivity index (χ1n) is 4.75. The number of nitrogens with one attached hydrogen (secondary N) is 2. The van der Waals surface area contributed by atoms with Crippen molar-refractivity contribution in [1.82, 2.24) is 10.6 Å². The lowest BCUT2D eigenvalue weighted by molar-refractivity contribution is 0.496. The van der Waals surface area contributed by atoms with Crippen molar-refractivity contribution in [2.24, 2.45) is 5.41 Å². The van der Waals surface area contributed by atoms with Crippen LogP contribution in [0.5, 0.6) is 0 Å². The van der Waals surface area contributed by atoms with E-state index in [1.165, 1.54) is 32.1 Å². The van der Waals surface area contributed by atoms with Crippen molar-refractivity contribution in [1.29, 1.82) is 0 Å². The smallest absolute Gasteiger partial charge is 0.166 e. The van der Waals surface area contributed by atoms with Gasteiger partial charge in [-0.1, -0.05) is 12.8 Å². The van der Waals surface area contributed by atoms with Gasteiger partial charge >= 0.3 is 0 Å². The van der Waals surface area contributed by atoms with E-state index in [9.17, 15) is 0 Å². The van der Waals surface area contributed by atoms with Crippen LogP contribution >= 0.6 is 12.2 Å². The van der Waals surface area contributed by atoms with Crippen LogP contribution in [0.1, 0.15) is 32.1 Å². The van der Waals surface area contributed by atoms with Gasteiger partial charge in [0.1, 0.15) is 0 Å². The molecule has 2 aliphatic carbocycles. The maximum Gasteiger partial charge on any atom is 0.166 e. The van der Waals surface area contributed by atoms with Crippen molar-refractivity contribution in [3.63, 3.8) is 0 Å². The molecule has 68 valence electrons. The fraction of sp³-hybridized carbons (Fsp3) is 0.889. The van der Waals surface area contributed by atoms with Gasteiger partial charge in [0.15, 0.2) is 5.11 Å². The van der Waals surface area contributed by atoms with Gasteiger partial charge in [-0.15, -0.1) is 0 Å². The highest BCUT2D eigenvalue weighted by atomic mass is 32.1. The summed E-state index contributed by atoms with van der Waals surface area (Å²) in [6.45, 7) is 0. The zero-order valence-corrected chi connectivity index (χ0v) is 8.34. The summed E-state index contributed by atoms with van der Waals surface area (Å²) in [7, 11) is 1.87. The molecule has 2 fully saturated rings. The van der Waals surface area contributed by atoms with Crippen LogP contribution in [0.4, 0.5) is 0 Å². The fourth-order valence-corrected chi connectivity index (χ4v) is 2.56. The van der Waals surface area contributed by atoms with Crippen LogP contribution < -0.4 is 10.6 Å². The average molecular weight is 184 g/mol. The highest BCUT2D eigenvalue weighted by molar-refractivity contribution is 7.80. The van der Waals surface area contributed by atoms with Gasteiger partial charge in [0.05, 0.1) is 0 Å². The minimum Gasteiger partial charge on any atom is -0.366 e. The van der Waals surface area contributed by atoms with Crippen molar-refractivity contribution in [2.45, 2.75) is 38.1 Å². The molecule has 0 aromatic carbocycles. The van der Waals surface area contributed by atoms with Gasteiger partial charge in [0.2, 0.25) is 0 Å². The molecule has 0 aliphatic heterocycles. The van der Waals surface area contributed by atoms with Crippen molar-refractivity contribution in [3.05, 3.63) is 0 Å². The van der Waals surface area contributed by atoms with E-state index in [1.54, 1.807) is 0 Å². The molecule has 0 bridgehead atoms. The molecule has 2 aliphatic rings. The first kappa shape index (κ1) is 8.30. The maximum absolute atomic E-state index is 5.07. The molecule has 2 saturated carbocycles. The average Bonchev–Trinajstić information content (AvgIpc) is 2.51. The lowest BCUT2D eigenvalue weighted by atomic mass is 10.1. The van der Waals surface area contributed by atoms with Gasteiger partial charge in [0.25, 0.3) is 0 Å². The quantitative estimate of drug-likeness (QED) is 0.603. The summed E-state index contributed by atoms with van der Waals surface area (Å²) in [5.74, 6) is 0. The Morgan fingerprint density at radius 2 is 2.08 bits per heavy atom. The van der Waals surface area contributed by atoms with Gasteiger partial charge in [-0.3, -0.25) is 0 Å². The predicted molar refractivity (Wildman–Crippen MR) is 54.1 cm³/mol. The highest BCUT2D eigenvalue weighted by Crippen LogP contribution is 2.57. The second-order valence-electron chi connectivity index (χ2n) is 4.05. The third-order valence-electron chi connectivity index (χ3n) is 3.32. The summed E-state index contributed by atoms with van der Waals surface area (Å²) in [6.07, 6.45) is 7.01. The number of thiocarbonyl (C=S) groups is 1. The monoisotopic (exact) mass is 184 g/mol. The van der Waals surface area contributed by atoms with E-state index in [1.807, 2.05) is 7.05 Å². The van der Waals surface area contributed by atoms with Crippen LogP contribution in [0, 0.1) is 5.41 Å². The van der Waals surface area contributed by atoms with Crippen molar-refractivity contribution < 1.29 is 0 Å². The normalized spacial score (nSPS) is 30.2. The molecule has 1 unspecified atom stereocenters. The van der Waals surface area contributed by atoms with E-state index in [0.29, 0.717) is 11.5 Å². The lowest BCUT2D eigenvalue weighted by Crippen LogP contribution is -2.36. The minimum atomic E-state index is 0.654. The highest BCUT2D eigenvalue weighted by Gasteiger charge is 2.55.